The molecule has 0 saturated carbocycles. The van der Waals surface area contributed by atoms with E-state index in [0.717, 1.165) is 27.7 Å². The van der Waals surface area contributed by atoms with Crippen LogP contribution in [0.1, 0.15) is 41.9 Å². The van der Waals surface area contributed by atoms with Crippen LogP contribution in [0.2, 0.25) is 0 Å². The van der Waals surface area contributed by atoms with Crippen LogP contribution in [0, 0.1) is 39.0 Å². The lowest BCUT2D eigenvalue weighted by atomic mass is 10.1. The Hall–Kier alpha value is -2.93. The summed E-state index contributed by atoms with van der Waals surface area (Å²) in [6.45, 7) is 12.4. The number of nitrogens with zero attached hydrogens (tertiary/aromatic N) is 4. The molecule has 1 aromatic heterocycles. The lowest BCUT2D eigenvalue weighted by molar-refractivity contribution is -0.114. The van der Waals surface area contributed by atoms with Gasteiger partial charge in [-0.3, -0.25) is 10.2 Å². The van der Waals surface area contributed by atoms with Gasteiger partial charge in [-0.1, -0.05) is 32.0 Å². The van der Waals surface area contributed by atoms with Crippen molar-refractivity contribution in [2.24, 2.45) is 16.0 Å². The first-order chi connectivity index (χ1) is 14.2. The highest BCUT2D eigenvalue weighted by Crippen LogP contribution is 2.32. The zero-order valence-electron chi connectivity index (χ0n) is 18.1. The number of aliphatic imine (C=N–C) groups is 1. The number of hydrogen-bond acceptors (Lipinski definition) is 4. The molecule has 6 nitrogen and oxygen atoms in total. The third kappa shape index (κ3) is 3.23. The number of aromatic nitrogens is 1. The average Bonchev–Trinajstić information content (AvgIpc) is 3.21. The van der Waals surface area contributed by atoms with E-state index in [9.17, 15) is 4.79 Å². The van der Waals surface area contributed by atoms with Crippen molar-refractivity contribution in [2.75, 3.05) is 0 Å². The van der Waals surface area contributed by atoms with Crippen LogP contribution in [0.15, 0.2) is 39.9 Å². The first-order valence-electron chi connectivity index (χ1n) is 9.94. The Labute approximate surface area is 180 Å². The molecule has 30 heavy (non-hydrogen) atoms. The van der Waals surface area contributed by atoms with Crippen molar-refractivity contribution in [2.45, 2.75) is 41.5 Å². The number of carbonyl (C=O) groups excluding carboxylic acids is 1. The summed E-state index contributed by atoms with van der Waals surface area (Å²) >= 11 is 1.36. The monoisotopic (exact) mass is 419 g/mol. The molecule has 0 fully saturated rings. The minimum Gasteiger partial charge on any atom is -0.317 e. The Morgan fingerprint density at radius 1 is 1.13 bits per heavy atom. The third-order valence-corrected chi connectivity index (χ3v) is 6.61. The number of benzene rings is 1. The summed E-state index contributed by atoms with van der Waals surface area (Å²) < 4.78 is 2.21. The van der Waals surface area contributed by atoms with Crippen LogP contribution >= 0.6 is 11.8 Å². The molecule has 0 atom stereocenters. The van der Waals surface area contributed by atoms with Crippen LogP contribution in [-0.2, 0) is 4.79 Å². The smallest absolute Gasteiger partial charge is 0.283 e. The first kappa shape index (κ1) is 20.3. The zero-order valence-corrected chi connectivity index (χ0v) is 18.9. The van der Waals surface area contributed by atoms with Crippen molar-refractivity contribution in [3.8, 4) is 5.69 Å². The van der Waals surface area contributed by atoms with E-state index < -0.39 is 5.91 Å². The van der Waals surface area contributed by atoms with Gasteiger partial charge in [-0.2, -0.15) is 15.1 Å². The van der Waals surface area contributed by atoms with Crippen molar-refractivity contribution in [3.05, 3.63) is 57.9 Å². The molecule has 3 heterocycles. The quantitative estimate of drug-likeness (QED) is 0.713. The van der Waals surface area contributed by atoms with Crippen LogP contribution in [0.5, 0.6) is 0 Å². The molecule has 1 N–H and O–H groups in total. The molecule has 154 valence electrons. The van der Waals surface area contributed by atoms with Gasteiger partial charge in [0.15, 0.2) is 5.84 Å². The number of hydrazone groups is 1. The molecule has 0 unspecified atom stereocenters. The maximum Gasteiger partial charge on any atom is 0.283 e. The summed E-state index contributed by atoms with van der Waals surface area (Å²) in [7, 11) is 0. The number of aryl methyl sites for hydroxylation is 3. The molecular formula is C23H25N5OS. The highest BCUT2D eigenvalue weighted by molar-refractivity contribution is 8.27. The van der Waals surface area contributed by atoms with Crippen LogP contribution in [0.3, 0.4) is 0 Å². The second-order valence-electron chi connectivity index (χ2n) is 8.02. The highest BCUT2D eigenvalue weighted by Gasteiger charge is 2.36. The lowest BCUT2D eigenvalue weighted by Crippen LogP contribution is -2.35. The molecule has 1 aromatic carbocycles. The number of amides is 1. The first-order valence-corrected chi connectivity index (χ1v) is 10.8. The van der Waals surface area contributed by atoms with E-state index in [1.807, 2.05) is 20.8 Å². The summed E-state index contributed by atoms with van der Waals surface area (Å²) in [5, 5.41) is 15.9. The van der Waals surface area contributed by atoms with Gasteiger partial charge < -0.3 is 4.57 Å². The molecule has 0 aliphatic carbocycles. The molecule has 1 amide bonds. The van der Waals surface area contributed by atoms with Gasteiger partial charge in [0.2, 0.25) is 5.17 Å². The van der Waals surface area contributed by atoms with Gasteiger partial charge in [0, 0.05) is 17.3 Å². The molecule has 0 radical (unpaired) electrons. The van der Waals surface area contributed by atoms with Gasteiger partial charge in [0.25, 0.3) is 5.91 Å². The number of hydrogen-bond donors (Lipinski definition) is 1. The fourth-order valence-corrected chi connectivity index (χ4v) is 4.72. The van der Waals surface area contributed by atoms with E-state index in [0.29, 0.717) is 5.17 Å². The number of para-hydroxylation sites is 1. The summed E-state index contributed by atoms with van der Waals surface area (Å²) in [5.74, 6) is -0.101. The topological polar surface area (TPSA) is 73.8 Å². The van der Waals surface area contributed by atoms with Gasteiger partial charge in [0.05, 0.1) is 11.3 Å². The molecule has 0 spiro atoms. The number of fused-ring (bicyclic) bond motifs is 1. The van der Waals surface area contributed by atoms with Gasteiger partial charge in [-0.15, -0.1) is 0 Å². The number of rotatable bonds is 3. The zero-order chi connectivity index (χ0) is 21.7. The van der Waals surface area contributed by atoms with E-state index >= 15 is 0 Å². The van der Waals surface area contributed by atoms with Crippen molar-refractivity contribution >= 4 is 39.8 Å². The second kappa shape index (κ2) is 7.40. The van der Waals surface area contributed by atoms with E-state index in [1.54, 1.807) is 6.08 Å². The SMILES string of the molecule is Cc1cccc(C)c1-n1c(C)cc(/C=C2/C(=N)N3N=C(C(C)C)SC3=NC2=O)c1C. The van der Waals surface area contributed by atoms with Crippen LogP contribution < -0.4 is 0 Å². The van der Waals surface area contributed by atoms with Crippen LogP contribution in [-0.4, -0.2) is 31.5 Å². The van der Waals surface area contributed by atoms with Crippen LogP contribution in [0.4, 0.5) is 0 Å². The fourth-order valence-electron chi connectivity index (χ4n) is 3.83. The van der Waals surface area contributed by atoms with E-state index in [1.165, 1.54) is 27.9 Å². The van der Waals surface area contributed by atoms with Crippen molar-refractivity contribution in [3.63, 3.8) is 0 Å². The Balaban J connectivity index is 1.78. The van der Waals surface area contributed by atoms with Gasteiger partial charge in [0.1, 0.15) is 5.04 Å². The summed E-state index contributed by atoms with van der Waals surface area (Å²) in [6.07, 6.45) is 1.77. The average molecular weight is 420 g/mol. The van der Waals surface area contributed by atoms with Gasteiger partial charge in [-0.25, -0.2) is 0 Å². The molecule has 2 aliphatic rings. The van der Waals surface area contributed by atoms with Crippen molar-refractivity contribution in [1.82, 2.24) is 9.58 Å². The predicted octanol–water partition coefficient (Wildman–Crippen LogP) is 4.99. The number of amidine groups is 2. The fraction of sp³-hybridized carbons (Fsp3) is 0.304. The minimum atomic E-state index is -0.393. The lowest BCUT2D eigenvalue weighted by Gasteiger charge is -2.20. The molecule has 0 saturated heterocycles. The second-order valence-corrected chi connectivity index (χ2v) is 9.00. The Bertz CT molecular complexity index is 1160. The minimum absolute atomic E-state index is 0.0741. The molecular weight excluding hydrogens is 394 g/mol. The Morgan fingerprint density at radius 2 is 1.80 bits per heavy atom. The molecule has 0 bridgehead atoms. The van der Waals surface area contributed by atoms with E-state index in [4.69, 9.17) is 5.41 Å². The third-order valence-electron chi connectivity index (χ3n) is 5.40. The molecule has 7 heteroatoms. The van der Waals surface area contributed by atoms with Crippen LogP contribution in [0.25, 0.3) is 11.8 Å². The molecule has 4 rings (SSSR count). The maximum absolute atomic E-state index is 12.7. The van der Waals surface area contributed by atoms with Gasteiger partial charge >= 0.3 is 0 Å². The maximum atomic E-state index is 12.7. The normalized spacial score (nSPS) is 17.7. The van der Waals surface area contributed by atoms with Crippen molar-refractivity contribution < 1.29 is 4.79 Å². The molecule has 2 aromatic rings. The summed E-state index contributed by atoms with van der Waals surface area (Å²) in [5.41, 5.74) is 6.80. The number of thioether (sulfide) groups is 1. The Kier molecular flexibility index (Phi) is 5.02. The number of carbonyl (C=O) groups is 1. The predicted molar refractivity (Wildman–Crippen MR) is 125 cm³/mol. The molecule has 2 aliphatic heterocycles. The van der Waals surface area contributed by atoms with Gasteiger partial charge in [-0.05, 0) is 68.3 Å². The van der Waals surface area contributed by atoms with E-state index in [-0.39, 0.29) is 17.3 Å². The summed E-state index contributed by atoms with van der Waals surface area (Å²) in [6, 6.07) is 8.31. The highest BCUT2D eigenvalue weighted by atomic mass is 32.2. The largest absolute Gasteiger partial charge is 0.317 e. The summed E-state index contributed by atoms with van der Waals surface area (Å²) in [4.78, 5) is 16.9. The number of nitrogens with one attached hydrogen (secondary N) is 1. The Morgan fingerprint density at radius 3 is 2.43 bits per heavy atom. The van der Waals surface area contributed by atoms with Crippen molar-refractivity contribution in [1.29, 1.82) is 5.41 Å². The van der Waals surface area contributed by atoms with E-state index in [2.05, 4.69) is 59.7 Å². The standard InChI is InChI=1S/C23H25N5OS/c1-12(2)22-26-28-20(24)18(21(29)25-23(28)30-22)11-17-10-15(5)27(16(17)6)19-13(3)8-7-9-14(19)4/h7-12,24H,1-6H3/b18-11-,24-20?.